The molecule has 1 amide bonds. The first-order valence-corrected chi connectivity index (χ1v) is 7.70. The highest BCUT2D eigenvalue weighted by Gasteiger charge is 2.67. The van der Waals surface area contributed by atoms with Crippen LogP contribution in [0.15, 0.2) is 12.2 Å². The number of fused-ring (bicyclic) bond motifs is 1. The van der Waals surface area contributed by atoms with Crippen molar-refractivity contribution in [2.24, 2.45) is 17.8 Å². The Kier molecular flexibility index (Phi) is 3.35. The van der Waals surface area contributed by atoms with Crippen molar-refractivity contribution in [1.82, 2.24) is 4.90 Å². The summed E-state index contributed by atoms with van der Waals surface area (Å²) in [6.45, 7) is 9.05. The van der Waals surface area contributed by atoms with E-state index < -0.39 is 17.4 Å². The molecule has 3 rings (SSSR count). The molecule has 0 unspecified atom stereocenters. The largest absolute Gasteiger partial charge is 0.463 e. The van der Waals surface area contributed by atoms with Gasteiger partial charge in [-0.2, -0.15) is 0 Å². The number of hydrogen-bond donors (Lipinski definition) is 0. The quantitative estimate of drug-likeness (QED) is 0.580. The minimum absolute atomic E-state index is 0.0289. The highest BCUT2D eigenvalue weighted by atomic mass is 16.6. The Morgan fingerprint density at radius 3 is 2.81 bits per heavy atom. The standard InChI is InChI=1S/C16H23NO4/c1-9(2)7-17-8-16-6-5-11(21-16)12(13(16)14(17)18)15(19)20-10(3)4/h5-6,9-13H,7-8H2,1-4H3/t11-,12+,13+,16-/m0/s1. The lowest BCUT2D eigenvalue weighted by atomic mass is 9.77. The Labute approximate surface area is 125 Å². The van der Waals surface area contributed by atoms with Gasteiger partial charge in [0.05, 0.1) is 24.7 Å². The fourth-order valence-corrected chi connectivity index (χ4v) is 3.75. The van der Waals surface area contributed by atoms with Crippen LogP contribution < -0.4 is 0 Å². The molecule has 2 fully saturated rings. The lowest BCUT2D eigenvalue weighted by Crippen LogP contribution is -2.40. The van der Waals surface area contributed by atoms with Crippen molar-refractivity contribution in [3.8, 4) is 0 Å². The second-order valence-electron chi connectivity index (χ2n) is 7.00. The van der Waals surface area contributed by atoms with Gasteiger partial charge >= 0.3 is 5.97 Å². The molecule has 116 valence electrons. The van der Waals surface area contributed by atoms with Gasteiger partial charge in [-0.3, -0.25) is 9.59 Å². The lowest BCUT2D eigenvalue weighted by molar-refractivity contribution is -0.157. The molecule has 4 atom stereocenters. The van der Waals surface area contributed by atoms with Gasteiger partial charge in [0.1, 0.15) is 11.5 Å². The van der Waals surface area contributed by atoms with E-state index in [0.29, 0.717) is 19.0 Å². The number of hydrogen-bond acceptors (Lipinski definition) is 4. The van der Waals surface area contributed by atoms with E-state index in [9.17, 15) is 9.59 Å². The van der Waals surface area contributed by atoms with E-state index in [1.54, 1.807) is 0 Å². The Hall–Kier alpha value is -1.36. The van der Waals surface area contributed by atoms with Crippen molar-refractivity contribution in [3.63, 3.8) is 0 Å². The molecule has 0 aromatic heterocycles. The minimum atomic E-state index is -0.614. The summed E-state index contributed by atoms with van der Waals surface area (Å²) >= 11 is 0. The maximum atomic E-state index is 12.7. The van der Waals surface area contributed by atoms with E-state index >= 15 is 0 Å². The second-order valence-corrected chi connectivity index (χ2v) is 7.00. The summed E-state index contributed by atoms with van der Waals surface area (Å²) in [5.41, 5.74) is -0.614. The summed E-state index contributed by atoms with van der Waals surface area (Å²) in [6.07, 6.45) is 3.39. The predicted octanol–water partition coefficient (Wildman–Crippen LogP) is 1.38. The van der Waals surface area contributed by atoms with Crippen LogP contribution in [0.25, 0.3) is 0 Å². The van der Waals surface area contributed by atoms with Crippen molar-refractivity contribution < 1.29 is 19.1 Å². The number of esters is 1. The van der Waals surface area contributed by atoms with Gasteiger partial charge in [0.15, 0.2) is 0 Å². The van der Waals surface area contributed by atoms with Gasteiger partial charge in [-0.15, -0.1) is 0 Å². The first-order valence-electron chi connectivity index (χ1n) is 7.70. The molecule has 1 spiro atoms. The van der Waals surface area contributed by atoms with Crippen molar-refractivity contribution in [3.05, 3.63) is 12.2 Å². The second kappa shape index (κ2) is 4.83. The molecule has 0 aromatic rings. The van der Waals surface area contributed by atoms with Crippen molar-refractivity contribution in [2.45, 2.75) is 45.5 Å². The van der Waals surface area contributed by atoms with Crippen LogP contribution in [0, 0.1) is 17.8 Å². The molecule has 0 N–H and O–H groups in total. The average Bonchev–Trinajstić information content (AvgIpc) is 2.97. The molecular formula is C16H23NO4. The van der Waals surface area contributed by atoms with Crippen molar-refractivity contribution in [2.75, 3.05) is 13.1 Å². The summed E-state index contributed by atoms with van der Waals surface area (Å²) in [5, 5.41) is 0. The zero-order valence-electron chi connectivity index (χ0n) is 13.0. The molecule has 0 aromatic carbocycles. The van der Waals surface area contributed by atoms with E-state index in [2.05, 4.69) is 13.8 Å². The number of rotatable bonds is 4. The van der Waals surface area contributed by atoms with Crippen molar-refractivity contribution in [1.29, 1.82) is 0 Å². The predicted molar refractivity (Wildman–Crippen MR) is 76.4 cm³/mol. The molecule has 3 aliphatic rings. The topological polar surface area (TPSA) is 55.8 Å². The Balaban J connectivity index is 1.85. The molecule has 2 saturated heterocycles. The molecule has 5 nitrogen and oxygen atoms in total. The third-order valence-electron chi connectivity index (χ3n) is 4.39. The van der Waals surface area contributed by atoms with Crippen LogP contribution >= 0.6 is 0 Å². The number of nitrogens with zero attached hydrogens (tertiary/aromatic N) is 1. The molecular weight excluding hydrogens is 270 g/mol. The molecule has 5 heteroatoms. The minimum Gasteiger partial charge on any atom is -0.463 e. The fraction of sp³-hybridized carbons (Fsp3) is 0.750. The number of amides is 1. The van der Waals surface area contributed by atoms with E-state index in [-0.39, 0.29) is 24.1 Å². The molecule has 0 saturated carbocycles. The van der Waals surface area contributed by atoms with Crippen LogP contribution in [0.1, 0.15) is 27.7 Å². The molecule has 0 radical (unpaired) electrons. The molecule has 3 aliphatic heterocycles. The first kappa shape index (κ1) is 14.6. The van der Waals surface area contributed by atoms with E-state index in [1.807, 2.05) is 30.9 Å². The SMILES string of the molecule is CC(C)CN1C[C@]23C=C[C@H](O2)[C@@H](C(=O)OC(C)C)[C@@H]3C1=O. The summed E-state index contributed by atoms with van der Waals surface area (Å²) in [4.78, 5) is 26.9. The molecule has 0 aliphatic carbocycles. The Morgan fingerprint density at radius 1 is 1.48 bits per heavy atom. The normalized spacial score (nSPS) is 37.0. The van der Waals surface area contributed by atoms with Gasteiger partial charge in [0.2, 0.25) is 5.91 Å². The van der Waals surface area contributed by atoms with Gasteiger partial charge in [-0.25, -0.2) is 0 Å². The van der Waals surface area contributed by atoms with E-state index in [0.717, 1.165) is 0 Å². The fourth-order valence-electron chi connectivity index (χ4n) is 3.75. The van der Waals surface area contributed by atoms with Crippen LogP contribution in [0.4, 0.5) is 0 Å². The van der Waals surface area contributed by atoms with E-state index in [1.165, 1.54) is 0 Å². The zero-order chi connectivity index (χ0) is 15.4. The van der Waals surface area contributed by atoms with Gasteiger partial charge in [0, 0.05) is 6.54 Å². The molecule has 3 heterocycles. The Bertz CT molecular complexity index is 499. The van der Waals surface area contributed by atoms with Gasteiger partial charge in [-0.05, 0) is 19.8 Å². The van der Waals surface area contributed by atoms with Crippen molar-refractivity contribution >= 4 is 11.9 Å². The number of carbonyl (C=O) groups is 2. The number of carbonyl (C=O) groups excluding carboxylic acids is 2. The molecule has 2 bridgehead atoms. The summed E-state index contributed by atoms with van der Waals surface area (Å²) in [6, 6.07) is 0. The smallest absolute Gasteiger partial charge is 0.313 e. The Morgan fingerprint density at radius 2 is 2.19 bits per heavy atom. The zero-order valence-corrected chi connectivity index (χ0v) is 13.0. The molecule has 21 heavy (non-hydrogen) atoms. The highest BCUT2D eigenvalue weighted by Crippen LogP contribution is 2.52. The van der Waals surface area contributed by atoms with Crippen LogP contribution in [-0.4, -0.2) is 47.7 Å². The van der Waals surface area contributed by atoms with Gasteiger partial charge < -0.3 is 14.4 Å². The summed E-state index contributed by atoms with van der Waals surface area (Å²) < 4.78 is 11.3. The van der Waals surface area contributed by atoms with Crippen LogP contribution in [0.3, 0.4) is 0 Å². The summed E-state index contributed by atoms with van der Waals surface area (Å²) in [7, 11) is 0. The maximum Gasteiger partial charge on any atom is 0.313 e. The monoisotopic (exact) mass is 293 g/mol. The first-order chi connectivity index (χ1) is 9.84. The summed E-state index contributed by atoms with van der Waals surface area (Å²) in [5.74, 6) is -0.807. The van der Waals surface area contributed by atoms with Gasteiger partial charge in [0.25, 0.3) is 0 Å². The van der Waals surface area contributed by atoms with Crippen LogP contribution in [0.5, 0.6) is 0 Å². The third-order valence-corrected chi connectivity index (χ3v) is 4.39. The number of likely N-dealkylation sites (tertiary alicyclic amines) is 1. The average molecular weight is 293 g/mol. The van der Waals surface area contributed by atoms with Crippen LogP contribution in [-0.2, 0) is 19.1 Å². The third kappa shape index (κ3) is 2.18. The van der Waals surface area contributed by atoms with Gasteiger partial charge in [-0.1, -0.05) is 26.0 Å². The van der Waals surface area contributed by atoms with Crippen LogP contribution in [0.2, 0.25) is 0 Å². The number of ether oxygens (including phenoxy) is 2. The maximum absolute atomic E-state index is 12.7. The van der Waals surface area contributed by atoms with E-state index in [4.69, 9.17) is 9.47 Å². The lowest BCUT2D eigenvalue weighted by Gasteiger charge is -2.23. The highest BCUT2D eigenvalue weighted by molar-refractivity contribution is 5.91.